The second-order valence-electron chi connectivity index (χ2n) is 5.42. The van der Waals surface area contributed by atoms with E-state index in [1.165, 1.54) is 0 Å². The van der Waals surface area contributed by atoms with Crippen LogP contribution in [0.5, 0.6) is 5.75 Å². The number of rotatable bonds is 10. The third kappa shape index (κ3) is 6.06. The molecule has 138 valence electrons. The van der Waals surface area contributed by atoms with Crippen LogP contribution in [0.4, 0.5) is 0 Å². The lowest BCUT2D eigenvalue weighted by molar-refractivity contribution is -0.484. The molecule has 0 aliphatic rings. The molecule has 0 aliphatic carbocycles. The van der Waals surface area contributed by atoms with Crippen LogP contribution in [0, 0.1) is 16.0 Å². The monoisotopic (exact) mass is 353 g/mol. The molecule has 0 unspecified atom stereocenters. The molecule has 0 fully saturated rings. The fourth-order valence-electron chi connectivity index (χ4n) is 2.39. The van der Waals surface area contributed by atoms with Gasteiger partial charge in [-0.05, 0) is 24.1 Å². The first-order chi connectivity index (χ1) is 11.9. The number of esters is 2. The Kier molecular flexibility index (Phi) is 8.38. The van der Waals surface area contributed by atoms with Crippen LogP contribution in [0.3, 0.4) is 0 Å². The molecule has 0 radical (unpaired) electrons. The maximum absolute atomic E-state index is 12.0. The Labute approximate surface area is 146 Å². The minimum atomic E-state index is -1.41. The summed E-state index contributed by atoms with van der Waals surface area (Å²) in [5, 5.41) is 11.0. The van der Waals surface area contributed by atoms with Crippen molar-refractivity contribution in [3.05, 3.63) is 39.9 Å². The van der Waals surface area contributed by atoms with Crippen molar-refractivity contribution in [1.29, 1.82) is 0 Å². The van der Waals surface area contributed by atoms with E-state index in [2.05, 4.69) is 16.4 Å². The number of hydrogen-bond donors (Lipinski definition) is 0. The van der Waals surface area contributed by atoms with E-state index in [9.17, 15) is 19.7 Å². The predicted molar refractivity (Wildman–Crippen MR) is 89.0 cm³/mol. The van der Waals surface area contributed by atoms with E-state index in [1.54, 1.807) is 24.3 Å². The molecule has 1 aromatic carbocycles. The lowest BCUT2D eigenvalue weighted by Gasteiger charge is -2.21. The summed E-state index contributed by atoms with van der Waals surface area (Å²) in [4.78, 5) is 34.4. The molecule has 25 heavy (non-hydrogen) atoms. The molecule has 0 aromatic heterocycles. The number of benzene rings is 1. The van der Waals surface area contributed by atoms with Crippen molar-refractivity contribution < 1.29 is 28.7 Å². The molecule has 0 aliphatic heterocycles. The largest absolute Gasteiger partial charge is 0.494 e. The Hall–Kier alpha value is -2.64. The Morgan fingerprint density at radius 3 is 2.12 bits per heavy atom. The summed E-state index contributed by atoms with van der Waals surface area (Å²) < 4.78 is 14.8. The fraction of sp³-hybridized carbons (Fsp3) is 0.529. The summed E-state index contributed by atoms with van der Waals surface area (Å²) in [6.07, 6.45) is 1.92. The van der Waals surface area contributed by atoms with Crippen LogP contribution in [0.25, 0.3) is 0 Å². The maximum atomic E-state index is 12.0. The summed E-state index contributed by atoms with van der Waals surface area (Å²) in [6, 6.07) is 6.52. The minimum absolute atomic E-state index is 0.459. The van der Waals surface area contributed by atoms with Crippen molar-refractivity contribution in [2.24, 2.45) is 5.92 Å². The lowest BCUT2D eigenvalue weighted by Crippen LogP contribution is -2.35. The van der Waals surface area contributed by atoms with Crippen LogP contribution in [-0.4, -0.2) is 44.2 Å². The first kappa shape index (κ1) is 20.4. The van der Waals surface area contributed by atoms with Gasteiger partial charge in [-0.3, -0.25) is 19.7 Å². The Morgan fingerprint density at radius 2 is 1.68 bits per heavy atom. The third-order valence-electron chi connectivity index (χ3n) is 3.73. The summed E-state index contributed by atoms with van der Waals surface area (Å²) in [5.74, 6) is -3.54. The van der Waals surface area contributed by atoms with E-state index < -0.39 is 35.2 Å². The highest BCUT2D eigenvalue weighted by Gasteiger charge is 2.40. The van der Waals surface area contributed by atoms with Crippen LogP contribution in [0.15, 0.2) is 24.3 Å². The zero-order valence-corrected chi connectivity index (χ0v) is 14.6. The van der Waals surface area contributed by atoms with Gasteiger partial charge in [-0.25, -0.2) is 0 Å². The first-order valence-electron chi connectivity index (χ1n) is 7.94. The fourth-order valence-corrected chi connectivity index (χ4v) is 2.39. The van der Waals surface area contributed by atoms with Gasteiger partial charge in [0.25, 0.3) is 0 Å². The van der Waals surface area contributed by atoms with Crippen molar-refractivity contribution in [3.8, 4) is 5.75 Å². The molecule has 0 saturated carbocycles. The molecule has 1 aromatic rings. The number of ether oxygens (including phenoxy) is 3. The zero-order valence-electron chi connectivity index (χ0n) is 14.6. The number of nitro groups is 1. The van der Waals surface area contributed by atoms with Crippen LogP contribution in [0.2, 0.25) is 0 Å². The number of carbonyl (C=O) groups is 2. The van der Waals surface area contributed by atoms with Gasteiger partial charge in [-0.15, -0.1) is 0 Å². The molecule has 1 atom stereocenters. The van der Waals surface area contributed by atoms with Gasteiger partial charge in [0, 0.05) is 4.92 Å². The minimum Gasteiger partial charge on any atom is -0.494 e. The van der Waals surface area contributed by atoms with E-state index >= 15 is 0 Å². The van der Waals surface area contributed by atoms with E-state index in [4.69, 9.17) is 4.74 Å². The van der Waals surface area contributed by atoms with Crippen molar-refractivity contribution in [2.45, 2.75) is 25.7 Å². The molecular formula is C17H23NO7. The molecule has 0 bridgehead atoms. The van der Waals surface area contributed by atoms with Crippen molar-refractivity contribution in [2.75, 3.05) is 27.4 Å². The number of hydrogen-bond acceptors (Lipinski definition) is 7. The molecule has 0 N–H and O–H groups in total. The van der Waals surface area contributed by atoms with Crippen LogP contribution in [-0.2, 0) is 19.1 Å². The number of nitrogens with zero attached hydrogens (tertiary/aromatic N) is 1. The van der Waals surface area contributed by atoms with Gasteiger partial charge in [-0.2, -0.15) is 0 Å². The second kappa shape index (κ2) is 10.3. The average molecular weight is 353 g/mol. The van der Waals surface area contributed by atoms with E-state index in [0.29, 0.717) is 17.9 Å². The van der Waals surface area contributed by atoms with Gasteiger partial charge in [0.2, 0.25) is 6.54 Å². The molecular weight excluding hydrogens is 330 g/mol. The van der Waals surface area contributed by atoms with Crippen molar-refractivity contribution >= 4 is 11.9 Å². The third-order valence-corrected chi connectivity index (χ3v) is 3.73. The van der Waals surface area contributed by atoms with Gasteiger partial charge in [0.15, 0.2) is 5.92 Å². The van der Waals surface area contributed by atoms with Gasteiger partial charge >= 0.3 is 11.9 Å². The summed E-state index contributed by atoms with van der Waals surface area (Å²) in [5.41, 5.74) is 0.459. The normalized spacial score (nSPS) is 11.7. The standard InChI is InChI=1S/C17H23NO7/c1-4-5-10-25-13-8-6-12(7-9-13)14(11-18(21)22)15(16(19)23-2)17(20)24-3/h6-9,14-15H,4-5,10-11H2,1-3H3/t14-/m0/s1. The van der Waals surface area contributed by atoms with E-state index in [-0.39, 0.29) is 0 Å². The smallest absolute Gasteiger partial charge is 0.320 e. The molecule has 0 spiro atoms. The van der Waals surface area contributed by atoms with E-state index in [1.807, 2.05) is 0 Å². The van der Waals surface area contributed by atoms with Crippen LogP contribution >= 0.6 is 0 Å². The summed E-state index contributed by atoms with van der Waals surface area (Å²) in [7, 11) is 2.23. The Bertz CT molecular complexity index is 569. The van der Waals surface area contributed by atoms with Crippen LogP contribution < -0.4 is 4.74 Å². The quantitative estimate of drug-likeness (QED) is 0.209. The zero-order chi connectivity index (χ0) is 18.8. The van der Waals surface area contributed by atoms with Gasteiger partial charge in [0.1, 0.15) is 5.75 Å². The summed E-state index contributed by atoms with van der Waals surface area (Å²) >= 11 is 0. The topological polar surface area (TPSA) is 105 Å². The number of carbonyl (C=O) groups excluding carboxylic acids is 2. The molecule has 8 nitrogen and oxygen atoms in total. The second-order valence-corrected chi connectivity index (χ2v) is 5.42. The SMILES string of the molecule is CCCCOc1ccc([C@H](C[N+](=O)[O-])C(C(=O)OC)C(=O)OC)cc1. The molecule has 0 saturated heterocycles. The Morgan fingerprint density at radius 1 is 1.12 bits per heavy atom. The summed E-state index contributed by atoms with van der Waals surface area (Å²) in [6.45, 7) is 2.01. The Balaban J connectivity index is 3.09. The maximum Gasteiger partial charge on any atom is 0.320 e. The van der Waals surface area contributed by atoms with Gasteiger partial charge in [-0.1, -0.05) is 25.5 Å². The molecule has 1 rings (SSSR count). The first-order valence-corrected chi connectivity index (χ1v) is 7.94. The highest BCUT2D eigenvalue weighted by Crippen LogP contribution is 2.29. The molecule has 0 heterocycles. The van der Waals surface area contributed by atoms with E-state index in [0.717, 1.165) is 27.1 Å². The van der Waals surface area contributed by atoms with Crippen LogP contribution in [0.1, 0.15) is 31.2 Å². The highest BCUT2D eigenvalue weighted by molar-refractivity contribution is 5.96. The highest BCUT2D eigenvalue weighted by atomic mass is 16.6. The average Bonchev–Trinajstić information content (AvgIpc) is 2.61. The molecule has 0 amide bonds. The van der Waals surface area contributed by atoms with Crippen molar-refractivity contribution in [3.63, 3.8) is 0 Å². The lowest BCUT2D eigenvalue weighted by atomic mass is 9.85. The number of methoxy groups -OCH3 is 2. The van der Waals surface area contributed by atoms with Gasteiger partial charge in [0.05, 0.1) is 26.7 Å². The predicted octanol–water partition coefficient (Wildman–Crippen LogP) is 2.19. The van der Waals surface area contributed by atoms with Crippen molar-refractivity contribution in [1.82, 2.24) is 0 Å². The van der Waals surface area contributed by atoms with Gasteiger partial charge < -0.3 is 14.2 Å². The number of unbranched alkanes of at least 4 members (excludes halogenated alkanes) is 1. The molecule has 8 heteroatoms.